The number of amides is 1. The molecule has 1 amide bonds. The number of aromatic amines is 2. The summed E-state index contributed by atoms with van der Waals surface area (Å²) in [6, 6.07) is 9.34. The number of para-hydroxylation sites is 1. The van der Waals surface area contributed by atoms with Gasteiger partial charge >= 0.3 is 5.69 Å². The minimum Gasteiger partial charge on any atom is -0.383 e. The summed E-state index contributed by atoms with van der Waals surface area (Å²) >= 11 is 0. The molecule has 0 aliphatic rings. The quantitative estimate of drug-likeness (QED) is 0.528. The van der Waals surface area contributed by atoms with Crippen LogP contribution in [0.15, 0.2) is 39.9 Å². The van der Waals surface area contributed by atoms with E-state index in [2.05, 4.69) is 9.97 Å². The molecule has 0 aliphatic carbocycles. The predicted octanol–water partition coefficient (Wildman–Crippen LogP) is 3.09. The molecule has 4 N–H and O–H groups in total. The highest BCUT2D eigenvalue weighted by atomic mass is 16.2. The van der Waals surface area contributed by atoms with Crippen molar-refractivity contribution in [3.05, 3.63) is 56.9 Å². The zero-order valence-corrected chi connectivity index (χ0v) is 17.7. The lowest BCUT2D eigenvalue weighted by Crippen LogP contribution is -2.42. The molecular formula is C22H29N5O3. The lowest BCUT2D eigenvalue weighted by Gasteiger charge is -2.25. The Hall–Kier alpha value is -3.29. The standard InChI is InChI=1S/C22H29N5O3/c1-4-5-11-27-19(23)18(20(28)25-22(27)30)26(12-10-14(2)3)21(29)17-13-15-8-6-7-9-16(15)24-17/h6-9,13-14,24H,4-5,10-12,23H2,1-3H3,(H,25,28,30). The molecule has 3 rings (SSSR count). The van der Waals surface area contributed by atoms with Gasteiger partial charge in [-0.25, -0.2) is 4.79 Å². The van der Waals surface area contributed by atoms with Gasteiger partial charge in [-0.1, -0.05) is 45.4 Å². The van der Waals surface area contributed by atoms with Gasteiger partial charge in [-0.3, -0.25) is 24.0 Å². The van der Waals surface area contributed by atoms with Crippen LogP contribution in [0.1, 0.15) is 50.5 Å². The van der Waals surface area contributed by atoms with Crippen molar-refractivity contribution in [2.45, 2.75) is 46.6 Å². The van der Waals surface area contributed by atoms with Crippen LogP contribution in [0, 0.1) is 5.92 Å². The van der Waals surface area contributed by atoms with E-state index in [-0.39, 0.29) is 17.4 Å². The number of hydrogen-bond acceptors (Lipinski definition) is 4. The zero-order chi connectivity index (χ0) is 21.8. The first-order valence-electron chi connectivity index (χ1n) is 10.4. The number of aromatic nitrogens is 3. The molecule has 0 aliphatic heterocycles. The van der Waals surface area contributed by atoms with E-state index in [4.69, 9.17) is 5.73 Å². The van der Waals surface area contributed by atoms with E-state index in [0.717, 1.165) is 23.7 Å². The fourth-order valence-corrected chi connectivity index (χ4v) is 3.41. The third-order valence-corrected chi connectivity index (χ3v) is 5.15. The van der Waals surface area contributed by atoms with E-state index < -0.39 is 11.2 Å². The summed E-state index contributed by atoms with van der Waals surface area (Å²) in [4.78, 5) is 45.3. The average Bonchev–Trinajstić information content (AvgIpc) is 3.13. The van der Waals surface area contributed by atoms with Crippen LogP contribution in [0.25, 0.3) is 10.9 Å². The second-order valence-electron chi connectivity index (χ2n) is 7.91. The number of H-pyrrole nitrogens is 2. The second-order valence-corrected chi connectivity index (χ2v) is 7.91. The maximum absolute atomic E-state index is 13.4. The minimum absolute atomic E-state index is 0.0189. The normalized spacial score (nSPS) is 11.3. The minimum atomic E-state index is -0.654. The molecule has 0 bridgehead atoms. The lowest BCUT2D eigenvalue weighted by molar-refractivity contribution is 0.0981. The SMILES string of the molecule is CCCCn1c(N)c(N(CCC(C)C)C(=O)c2cc3ccccc3[nH]2)c(=O)[nH]c1=O. The third-order valence-electron chi connectivity index (χ3n) is 5.15. The van der Waals surface area contributed by atoms with Crippen LogP contribution in [0.3, 0.4) is 0 Å². The van der Waals surface area contributed by atoms with Crippen LogP contribution in [0.4, 0.5) is 11.5 Å². The van der Waals surface area contributed by atoms with Crippen LogP contribution < -0.4 is 21.9 Å². The third kappa shape index (κ3) is 4.32. The average molecular weight is 412 g/mol. The molecule has 2 heterocycles. The number of nitrogens with two attached hydrogens (primary N) is 1. The highest BCUT2D eigenvalue weighted by molar-refractivity contribution is 6.08. The number of carbonyl (C=O) groups is 1. The summed E-state index contributed by atoms with van der Waals surface area (Å²) in [7, 11) is 0. The van der Waals surface area contributed by atoms with Gasteiger partial charge in [-0.2, -0.15) is 0 Å². The number of carbonyl (C=O) groups excluding carboxylic acids is 1. The number of unbranched alkanes of at least 4 members (excludes halogenated alkanes) is 1. The highest BCUT2D eigenvalue weighted by Gasteiger charge is 2.26. The number of anilines is 2. The highest BCUT2D eigenvalue weighted by Crippen LogP contribution is 2.23. The molecule has 1 aromatic carbocycles. The number of nitrogen functional groups attached to an aromatic ring is 1. The van der Waals surface area contributed by atoms with E-state index in [1.807, 2.05) is 45.0 Å². The van der Waals surface area contributed by atoms with E-state index in [0.29, 0.717) is 31.1 Å². The molecule has 0 radical (unpaired) electrons. The predicted molar refractivity (Wildman–Crippen MR) is 120 cm³/mol. The smallest absolute Gasteiger partial charge is 0.330 e. The van der Waals surface area contributed by atoms with E-state index in [1.54, 1.807) is 6.07 Å². The molecule has 3 aromatic rings. The molecule has 0 fully saturated rings. The molecular weight excluding hydrogens is 382 g/mol. The van der Waals surface area contributed by atoms with Crippen molar-refractivity contribution in [2.75, 3.05) is 17.2 Å². The molecule has 0 atom stereocenters. The number of benzene rings is 1. The van der Waals surface area contributed by atoms with Crippen molar-refractivity contribution in [3.63, 3.8) is 0 Å². The van der Waals surface area contributed by atoms with Crippen LogP contribution in [-0.2, 0) is 6.54 Å². The molecule has 2 aromatic heterocycles. The van der Waals surface area contributed by atoms with Crippen molar-refractivity contribution >= 4 is 28.3 Å². The Labute approximate surface area is 174 Å². The zero-order valence-electron chi connectivity index (χ0n) is 17.7. The maximum Gasteiger partial charge on any atom is 0.330 e. The van der Waals surface area contributed by atoms with E-state index in [1.165, 1.54) is 9.47 Å². The molecule has 0 saturated heterocycles. The summed E-state index contributed by atoms with van der Waals surface area (Å²) in [6.07, 6.45) is 2.28. The summed E-state index contributed by atoms with van der Waals surface area (Å²) in [6.45, 7) is 6.78. The van der Waals surface area contributed by atoms with Crippen LogP contribution in [0.2, 0.25) is 0 Å². The number of fused-ring (bicyclic) bond motifs is 1. The lowest BCUT2D eigenvalue weighted by atomic mass is 10.1. The second kappa shape index (κ2) is 9.02. The molecule has 0 spiro atoms. The molecule has 8 heteroatoms. The van der Waals surface area contributed by atoms with Crippen LogP contribution >= 0.6 is 0 Å². The Kier molecular flexibility index (Phi) is 6.44. The van der Waals surface area contributed by atoms with Gasteiger partial charge in [0.05, 0.1) is 0 Å². The summed E-state index contributed by atoms with van der Waals surface area (Å²) in [5.74, 6) is -0.0236. The van der Waals surface area contributed by atoms with Crippen LogP contribution in [-0.4, -0.2) is 27.0 Å². The van der Waals surface area contributed by atoms with E-state index in [9.17, 15) is 14.4 Å². The van der Waals surface area contributed by atoms with Crippen molar-refractivity contribution in [3.8, 4) is 0 Å². The first kappa shape index (κ1) is 21.4. The fourth-order valence-electron chi connectivity index (χ4n) is 3.41. The molecule has 160 valence electrons. The Balaban J connectivity index is 2.10. The fraction of sp³-hybridized carbons (Fsp3) is 0.409. The van der Waals surface area contributed by atoms with Gasteiger partial charge in [0.1, 0.15) is 11.5 Å². The maximum atomic E-state index is 13.4. The monoisotopic (exact) mass is 411 g/mol. The molecule has 0 unspecified atom stereocenters. The summed E-state index contributed by atoms with van der Waals surface area (Å²) < 4.78 is 1.33. The number of rotatable bonds is 8. The van der Waals surface area contributed by atoms with Gasteiger partial charge in [-0.05, 0) is 30.9 Å². The summed E-state index contributed by atoms with van der Waals surface area (Å²) in [5.41, 5.74) is 6.27. The first-order valence-corrected chi connectivity index (χ1v) is 10.4. The number of nitrogens with zero attached hydrogens (tertiary/aromatic N) is 2. The van der Waals surface area contributed by atoms with Gasteiger partial charge in [0.15, 0.2) is 5.69 Å². The van der Waals surface area contributed by atoms with Gasteiger partial charge in [0.25, 0.3) is 11.5 Å². The Morgan fingerprint density at radius 1 is 1.20 bits per heavy atom. The van der Waals surface area contributed by atoms with Gasteiger partial charge in [0, 0.05) is 24.0 Å². The molecule has 8 nitrogen and oxygen atoms in total. The van der Waals surface area contributed by atoms with Crippen molar-refractivity contribution in [1.29, 1.82) is 0 Å². The molecule has 0 saturated carbocycles. The van der Waals surface area contributed by atoms with Gasteiger partial charge in [0.2, 0.25) is 0 Å². The topological polar surface area (TPSA) is 117 Å². The number of hydrogen-bond donors (Lipinski definition) is 3. The number of nitrogens with one attached hydrogen (secondary N) is 2. The molecule has 30 heavy (non-hydrogen) atoms. The first-order chi connectivity index (χ1) is 14.3. The Morgan fingerprint density at radius 2 is 1.93 bits per heavy atom. The van der Waals surface area contributed by atoms with Crippen molar-refractivity contribution < 1.29 is 4.79 Å². The summed E-state index contributed by atoms with van der Waals surface area (Å²) in [5, 5.41) is 0.902. The van der Waals surface area contributed by atoms with Crippen molar-refractivity contribution in [1.82, 2.24) is 14.5 Å². The Morgan fingerprint density at radius 3 is 2.60 bits per heavy atom. The van der Waals surface area contributed by atoms with Gasteiger partial charge < -0.3 is 10.7 Å². The van der Waals surface area contributed by atoms with E-state index >= 15 is 0 Å². The van der Waals surface area contributed by atoms with Gasteiger partial charge in [-0.15, -0.1) is 0 Å². The Bertz CT molecular complexity index is 1120. The van der Waals surface area contributed by atoms with Crippen LogP contribution in [0.5, 0.6) is 0 Å². The largest absolute Gasteiger partial charge is 0.383 e. The van der Waals surface area contributed by atoms with Crippen molar-refractivity contribution in [2.24, 2.45) is 5.92 Å².